The van der Waals surface area contributed by atoms with Gasteiger partial charge in [-0.3, -0.25) is 0 Å². The molecule has 0 aromatic heterocycles. The lowest BCUT2D eigenvalue weighted by Gasteiger charge is -2.01. The molecule has 0 atom stereocenters. The molecule has 0 fully saturated rings. The molecule has 1 aromatic carbocycles. The van der Waals surface area contributed by atoms with Gasteiger partial charge in [0, 0.05) is 16.1 Å². The molecule has 5 heteroatoms. The van der Waals surface area contributed by atoms with E-state index in [0.717, 1.165) is 12.1 Å². The zero-order valence-corrected chi connectivity index (χ0v) is 10.1. The minimum Gasteiger partial charge on any atom is -0.504 e. The highest BCUT2D eigenvalue weighted by molar-refractivity contribution is 9.10. The van der Waals surface area contributed by atoms with Crippen molar-refractivity contribution in [2.24, 2.45) is 0 Å². The number of ether oxygens (including phenoxy) is 1. The van der Waals surface area contributed by atoms with Crippen LogP contribution < -0.4 is 0 Å². The predicted octanol–water partition coefficient (Wildman–Crippen LogP) is 2.87. The molecule has 0 spiro atoms. The lowest BCUT2D eigenvalue weighted by molar-refractivity contribution is -0.137. The average molecular weight is 289 g/mol. The van der Waals surface area contributed by atoms with Crippen molar-refractivity contribution in [3.05, 3.63) is 34.1 Å². The maximum atomic E-state index is 13.1. The van der Waals surface area contributed by atoms with Gasteiger partial charge in [0.05, 0.1) is 6.61 Å². The van der Waals surface area contributed by atoms with E-state index in [1.165, 1.54) is 12.1 Å². The second-order valence-electron chi connectivity index (χ2n) is 2.91. The molecule has 0 bridgehead atoms. The van der Waals surface area contributed by atoms with E-state index < -0.39 is 17.5 Å². The molecule has 86 valence electrons. The number of esters is 1. The van der Waals surface area contributed by atoms with E-state index >= 15 is 0 Å². The summed E-state index contributed by atoms with van der Waals surface area (Å²) in [6.07, 6.45) is 2.42. The number of phenolic OH excluding ortho intramolecular Hbond substituents is 1. The summed E-state index contributed by atoms with van der Waals surface area (Å²) in [7, 11) is 0. The average Bonchev–Trinajstić information content (AvgIpc) is 2.21. The summed E-state index contributed by atoms with van der Waals surface area (Å²) in [6, 6.07) is 2.63. The molecular weight excluding hydrogens is 279 g/mol. The number of halogens is 2. The maximum absolute atomic E-state index is 13.1. The minimum atomic E-state index is -0.752. The van der Waals surface area contributed by atoms with Crippen LogP contribution in [0.1, 0.15) is 12.5 Å². The molecule has 16 heavy (non-hydrogen) atoms. The van der Waals surface area contributed by atoms with Crippen LogP contribution in [-0.2, 0) is 9.53 Å². The Morgan fingerprint density at radius 1 is 1.62 bits per heavy atom. The Hall–Kier alpha value is -1.36. The summed E-state index contributed by atoms with van der Waals surface area (Å²) in [4.78, 5) is 11.0. The summed E-state index contributed by atoms with van der Waals surface area (Å²) >= 11 is 3.08. The third-order valence-corrected chi connectivity index (χ3v) is 2.20. The van der Waals surface area contributed by atoms with E-state index in [2.05, 4.69) is 20.7 Å². The van der Waals surface area contributed by atoms with Crippen LogP contribution in [0.5, 0.6) is 5.75 Å². The van der Waals surface area contributed by atoms with Gasteiger partial charge in [0.1, 0.15) is 0 Å². The fraction of sp³-hybridized carbons (Fsp3) is 0.182. The number of phenols is 1. The normalized spacial score (nSPS) is 10.7. The zero-order chi connectivity index (χ0) is 12.1. The van der Waals surface area contributed by atoms with Crippen molar-refractivity contribution in [2.45, 2.75) is 6.92 Å². The Balaban J connectivity index is 2.93. The van der Waals surface area contributed by atoms with Gasteiger partial charge in [0.2, 0.25) is 0 Å². The van der Waals surface area contributed by atoms with Gasteiger partial charge >= 0.3 is 5.97 Å². The molecule has 1 N–H and O–H groups in total. The minimum absolute atomic E-state index is 0.208. The molecule has 0 amide bonds. The van der Waals surface area contributed by atoms with Crippen molar-refractivity contribution in [2.75, 3.05) is 6.61 Å². The Morgan fingerprint density at radius 2 is 2.31 bits per heavy atom. The first-order valence-electron chi connectivity index (χ1n) is 4.57. The Labute approximate surface area is 101 Å². The van der Waals surface area contributed by atoms with E-state index in [4.69, 9.17) is 0 Å². The van der Waals surface area contributed by atoms with Crippen LogP contribution in [-0.4, -0.2) is 17.7 Å². The van der Waals surface area contributed by atoms with Gasteiger partial charge < -0.3 is 9.84 Å². The standard InChI is InChI=1S/C11H10BrFO3/c1-2-16-10(14)4-3-7-5-8(12)6-9(13)11(7)15/h3-6,15H,2H2,1H3. The molecule has 1 aromatic rings. The van der Waals surface area contributed by atoms with E-state index in [-0.39, 0.29) is 12.2 Å². The van der Waals surface area contributed by atoms with Gasteiger partial charge in [-0.15, -0.1) is 0 Å². The van der Waals surface area contributed by atoms with Crippen molar-refractivity contribution in [1.82, 2.24) is 0 Å². The van der Waals surface area contributed by atoms with Crippen LogP contribution in [0.4, 0.5) is 4.39 Å². The molecule has 0 radical (unpaired) electrons. The number of carbonyl (C=O) groups is 1. The molecule has 0 saturated heterocycles. The third-order valence-electron chi connectivity index (χ3n) is 1.74. The molecule has 0 saturated carbocycles. The fourth-order valence-corrected chi connectivity index (χ4v) is 1.51. The van der Waals surface area contributed by atoms with Crippen molar-refractivity contribution in [3.8, 4) is 5.75 Å². The summed E-state index contributed by atoms with van der Waals surface area (Å²) in [5, 5.41) is 9.37. The number of carbonyl (C=O) groups excluding carboxylic acids is 1. The number of hydrogen-bond acceptors (Lipinski definition) is 3. The quantitative estimate of drug-likeness (QED) is 0.687. The van der Waals surface area contributed by atoms with Crippen LogP contribution in [0.2, 0.25) is 0 Å². The van der Waals surface area contributed by atoms with E-state index in [1.807, 2.05) is 0 Å². The van der Waals surface area contributed by atoms with E-state index in [1.54, 1.807) is 6.92 Å². The Morgan fingerprint density at radius 3 is 2.94 bits per heavy atom. The highest BCUT2D eigenvalue weighted by atomic mass is 79.9. The van der Waals surface area contributed by atoms with Crippen molar-refractivity contribution in [3.63, 3.8) is 0 Å². The SMILES string of the molecule is CCOC(=O)C=Cc1cc(Br)cc(F)c1O. The molecule has 3 nitrogen and oxygen atoms in total. The number of aromatic hydroxyl groups is 1. The molecule has 0 aliphatic carbocycles. The Bertz CT molecular complexity index is 429. The third kappa shape index (κ3) is 3.34. The van der Waals surface area contributed by atoms with Gasteiger partial charge in [0.25, 0.3) is 0 Å². The van der Waals surface area contributed by atoms with Gasteiger partial charge in [0.15, 0.2) is 11.6 Å². The number of benzene rings is 1. The summed E-state index contributed by atoms with van der Waals surface area (Å²) < 4.78 is 18.2. The summed E-state index contributed by atoms with van der Waals surface area (Å²) in [5.74, 6) is -1.79. The van der Waals surface area contributed by atoms with Crippen molar-refractivity contribution < 1.29 is 19.0 Å². The molecule has 0 aliphatic rings. The van der Waals surface area contributed by atoms with Gasteiger partial charge in [-0.05, 0) is 25.1 Å². The van der Waals surface area contributed by atoms with Crippen molar-refractivity contribution >= 4 is 28.0 Å². The van der Waals surface area contributed by atoms with Crippen LogP contribution in [0.25, 0.3) is 6.08 Å². The predicted molar refractivity (Wildman–Crippen MR) is 61.4 cm³/mol. The van der Waals surface area contributed by atoms with Gasteiger partial charge in [-0.25, -0.2) is 9.18 Å². The van der Waals surface area contributed by atoms with Crippen LogP contribution >= 0.6 is 15.9 Å². The fourth-order valence-electron chi connectivity index (χ4n) is 1.06. The smallest absolute Gasteiger partial charge is 0.330 e. The second kappa shape index (κ2) is 5.65. The maximum Gasteiger partial charge on any atom is 0.330 e. The number of hydrogen-bond donors (Lipinski definition) is 1. The van der Waals surface area contributed by atoms with Crippen molar-refractivity contribution in [1.29, 1.82) is 0 Å². The first-order valence-corrected chi connectivity index (χ1v) is 5.36. The topological polar surface area (TPSA) is 46.5 Å². The first kappa shape index (κ1) is 12.7. The molecule has 0 aliphatic heterocycles. The first-order chi connectivity index (χ1) is 7.54. The molecular formula is C11H10BrFO3. The Kier molecular flexibility index (Phi) is 4.49. The van der Waals surface area contributed by atoms with E-state index in [0.29, 0.717) is 4.47 Å². The lowest BCUT2D eigenvalue weighted by atomic mass is 10.2. The van der Waals surface area contributed by atoms with Crippen LogP contribution in [0, 0.1) is 5.82 Å². The van der Waals surface area contributed by atoms with Crippen LogP contribution in [0.3, 0.4) is 0 Å². The lowest BCUT2D eigenvalue weighted by Crippen LogP contribution is -1.98. The van der Waals surface area contributed by atoms with Gasteiger partial charge in [-0.1, -0.05) is 15.9 Å². The molecule has 0 heterocycles. The summed E-state index contributed by atoms with van der Waals surface area (Å²) in [6.45, 7) is 1.95. The summed E-state index contributed by atoms with van der Waals surface area (Å²) in [5.41, 5.74) is 0.208. The highest BCUT2D eigenvalue weighted by Gasteiger charge is 2.07. The molecule has 0 unspecified atom stereocenters. The monoisotopic (exact) mass is 288 g/mol. The number of rotatable bonds is 3. The second-order valence-corrected chi connectivity index (χ2v) is 3.83. The van der Waals surface area contributed by atoms with Gasteiger partial charge in [-0.2, -0.15) is 0 Å². The zero-order valence-electron chi connectivity index (χ0n) is 8.54. The van der Waals surface area contributed by atoms with Crippen LogP contribution in [0.15, 0.2) is 22.7 Å². The largest absolute Gasteiger partial charge is 0.504 e. The highest BCUT2D eigenvalue weighted by Crippen LogP contribution is 2.26. The van der Waals surface area contributed by atoms with E-state index in [9.17, 15) is 14.3 Å². The molecule has 1 rings (SSSR count).